The first kappa shape index (κ1) is 18.2. The van der Waals surface area contributed by atoms with Crippen LogP contribution in [0.2, 0.25) is 0 Å². The largest absolute Gasteiger partial charge is 0.462 e. The fourth-order valence-corrected chi connectivity index (χ4v) is 2.05. The van der Waals surface area contributed by atoms with E-state index in [0.29, 0.717) is 18.1 Å². The van der Waals surface area contributed by atoms with Gasteiger partial charge in [-0.25, -0.2) is 4.79 Å². The molecule has 1 atom stereocenters. The summed E-state index contributed by atoms with van der Waals surface area (Å²) < 4.78 is 5.15. The van der Waals surface area contributed by atoms with E-state index in [1.54, 1.807) is 6.92 Å². The van der Waals surface area contributed by atoms with Crippen molar-refractivity contribution in [3.63, 3.8) is 0 Å². The Morgan fingerprint density at radius 1 is 1.05 bits per heavy atom. The van der Waals surface area contributed by atoms with Crippen LogP contribution in [0.15, 0.2) is 12.2 Å². The van der Waals surface area contributed by atoms with Gasteiger partial charge in [0, 0.05) is 5.57 Å². The van der Waals surface area contributed by atoms with Crippen molar-refractivity contribution < 1.29 is 9.53 Å². The van der Waals surface area contributed by atoms with Crippen molar-refractivity contribution in [2.24, 2.45) is 5.92 Å². The third kappa shape index (κ3) is 12.0. The zero-order chi connectivity index (χ0) is 14.5. The van der Waals surface area contributed by atoms with E-state index in [1.807, 2.05) is 0 Å². The lowest BCUT2D eigenvalue weighted by atomic mass is 10.0. The van der Waals surface area contributed by atoms with Crippen LogP contribution in [0.3, 0.4) is 0 Å². The second kappa shape index (κ2) is 12.3. The third-order valence-electron chi connectivity index (χ3n) is 3.40. The summed E-state index contributed by atoms with van der Waals surface area (Å²) in [6.07, 6.45) is 11.9. The first-order valence-corrected chi connectivity index (χ1v) is 7.90. The quantitative estimate of drug-likeness (QED) is 0.274. The molecular formula is C17H32O2. The summed E-state index contributed by atoms with van der Waals surface area (Å²) in [4.78, 5) is 11.2. The van der Waals surface area contributed by atoms with Gasteiger partial charge in [-0.15, -0.1) is 0 Å². The predicted molar refractivity (Wildman–Crippen MR) is 82.2 cm³/mol. The number of esters is 1. The zero-order valence-corrected chi connectivity index (χ0v) is 13.2. The molecule has 2 nitrogen and oxygen atoms in total. The minimum absolute atomic E-state index is 0.261. The maximum atomic E-state index is 11.2. The number of unbranched alkanes of at least 4 members (excludes halogenated alkanes) is 7. The standard InChI is InChI=1S/C17H32O2/c1-5-6-7-8-9-10-11-12-13-16(4)14-19-17(18)15(2)3/h16H,2,5-14H2,1,3-4H3. The van der Waals surface area contributed by atoms with Gasteiger partial charge >= 0.3 is 5.97 Å². The van der Waals surface area contributed by atoms with Crippen molar-refractivity contribution in [3.05, 3.63) is 12.2 Å². The van der Waals surface area contributed by atoms with Crippen LogP contribution in [0.4, 0.5) is 0 Å². The van der Waals surface area contributed by atoms with E-state index in [1.165, 1.54) is 51.4 Å². The molecule has 0 spiro atoms. The van der Waals surface area contributed by atoms with Gasteiger partial charge < -0.3 is 4.74 Å². The molecular weight excluding hydrogens is 236 g/mol. The molecule has 0 aromatic carbocycles. The van der Waals surface area contributed by atoms with Crippen LogP contribution in [0.25, 0.3) is 0 Å². The molecule has 0 bridgehead atoms. The minimum atomic E-state index is -0.261. The number of hydrogen-bond acceptors (Lipinski definition) is 2. The van der Waals surface area contributed by atoms with E-state index < -0.39 is 0 Å². The SMILES string of the molecule is C=C(C)C(=O)OCC(C)CCCCCCCCCC. The highest BCUT2D eigenvalue weighted by atomic mass is 16.5. The van der Waals surface area contributed by atoms with Crippen LogP contribution in [0.1, 0.15) is 78.6 Å². The molecule has 2 heteroatoms. The van der Waals surface area contributed by atoms with E-state index in [9.17, 15) is 4.79 Å². The lowest BCUT2D eigenvalue weighted by Gasteiger charge is -2.11. The first-order valence-electron chi connectivity index (χ1n) is 7.90. The summed E-state index contributed by atoms with van der Waals surface area (Å²) in [6.45, 7) is 10.2. The van der Waals surface area contributed by atoms with Crippen molar-refractivity contribution in [3.8, 4) is 0 Å². The fourth-order valence-electron chi connectivity index (χ4n) is 2.05. The molecule has 0 aliphatic rings. The maximum Gasteiger partial charge on any atom is 0.333 e. The number of carbonyl (C=O) groups excluding carboxylic acids is 1. The summed E-state index contributed by atoms with van der Waals surface area (Å²) in [7, 11) is 0. The lowest BCUT2D eigenvalue weighted by Crippen LogP contribution is -2.12. The summed E-state index contributed by atoms with van der Waals surface area (Å²) >= 11 is 0. The molecule has 0 saturated heterocycles. The molecule has 19 heavy (non-hydrogen) atoms. The van der Waals surface area contributed by atoms with E-state index in [-0.39, 0.29) is 5.97 Å². The molecule has 0 saturated carbocycles. The molecule has 112 valence electrons. The van der Waals surface area contributed by atoms with Crippen LogP contribution in [0.5, 0.6) is 0 Å². The molecule has 0 aliphatic heterocycles. The fraction of sp³-hybridized carbons (Fsp3) is 0.824. The Hall–Kier alpha value is -0.790. The number of carbonyl (C=O) groups is 1. The second-order valence-electron chi connectivity index (χ2n) is 5.75. The molecule has 0 aromatic heterocycles. The second-order valence-corrected chi connectivity index (χ2v) is 5.75. The van der Waals surface area contributed by atoms with Crippen molar-refractivity contribution in [1.82, 2.24) is 0 Å². The van der Waals surface area contributed by atoms with Gasteiger partial charge in [-0.2, -0.15) is 0 Å². The minimum Gasteiger partial charge on any atom is -0.462 e. The Labute approximate surface area is 119 Å². The van der Waals surface area contributed by atoms with Crippen LogP contribution < -0.4 is 0 Å². The Balaban J connectivity index is 3.31. The molecule has 0 fully saturated rings. The average molecular weight is 268 g/mol. The van der Waals surface area contributed by atoms with Gasteiger partial charge in [-0.3, -0.25) is 0 Å². The molecule has 0 radical (unpaired) electrons. The molecule has 0 amide bonds. The monoisotopic (exact) mass is 268 g/mol. The van der Waals surface area contributed by atoms with Gasteiger partial charge in [0.2, 0.25) is 0 Å². The molecule has 1 unspecified atom stereocenters. The molecule has 0 N–H and O–H groups in total. The topological polar surface area (TPSA) is 26.3 Å². The van der Waals surface area contributed by atoms with E-state index in [0.717, 1.165) is 6.42 Å². The Morgan fingerprint density at radius 2 is 1.58 bits per heavy atom. The van der Waals surface area contributed by atoms with Gasteiger partial charge in [0.25, 0.3) is 0 Å². The van der Waals surface area contributed by atoms with Crippen LogP contribution in [-0.2, 0) is 9.53 Å². The predicted octanol–water partition coefficient (Wildman–Crippen LogP) is 5.27. The summed E-state index contributed by atoms with van der Waals surface area (Å²) in [6, 6.07) is 0. The highest BCUT2D eigenvalue weighted by Gasteiger charge is 2.07. The normalized spacial score (nSPS) is 12.2. The lowest BCUT2D eigenvalue weighted by molar-refractivity contribution is -0.140. The molecule has 0 heterocycles. The Morgan fingerprint density at radius 3 is 2.11 bits per heavy atom. The highest BCUT2D eigenvalue weighted by molar-refractivity contribution is 5.86. The smallest absolute Gasteiger partial charge is 0.333 e. The van der Waals surface area contributed by atoms with Gasteiger partial charge in [-0.1, -0.05) is 71.8 Å². The van der Waals surface area contributed by atoms with Crippen LogP contribution in [0, 0.1) is 5.92 Å². The molecule has 0 aromatic rings. The van der Waals surface area contributed by atoms with E-state index >= 15 is 0 Å². The first-order chi connectivity index (χ1) is 9.07. The summed E-state index contributed by atoms with van der Waals surface area (Å²) in [5.41, 5.74) is 0.485. The van der Waals surface area contributed by atoms with Crippen molar-refractivity contribution in [2.75, 3.05) is 6.61 Å². The number of rotatable bonds is 12. The van der Waals surface area contributed by atoms with E-state index in [2.05, 4.69) is 20.4 Å². The van der Waals surface area contributed by atoms with Crippen LogP contribution in [-0.4, -0.2) is 12.6 Å². The highest BCUT2D eigenvalue weighted by Crippen LogP contribution is 2.13. The Kier molecular flexibility index (Phi) is 11.7. The van der Waals surface area contributed by atoms with Crippen molar-refractivity contribution >= 4 is 5.97 Å². The summed E-state index contributed by atoms with van der Waals surface area (Å²) in [5.74, 6) is 0.200. The zero-order valence-electron chi connectivity index (χ0n) is 13.2. The van der Waals surface area contributed by atoms with Gasteiger partial charge in [-0.05, 0) is 19.3 Å². The van der Waals surface area contributed by atoms with Crippen molar-refractivity contribution in [2.45, 2.75) is 78.6 Å². The average Bonchev–Trinajstić information content (AvgIpc) is 2.38. The molecule has 0 rings (SSSR count). The summed E-state index contributed by atoms with van der Waals surface area (Å²) in [5, 5.41) is 0. The number of ether oxygens (including phenoxy) is 1. The maximum absolute atomic E-state index is 11.2. The van der Waals surface area contributed by atoms with Crippen LogP contribution >= 0.6 is 0 Å². The van der Waals surface area contributed by atoms with Crippen molar-refractivity contribution in [1.29, 1.82) is 0 Å². The third-order valence-corrected chi connectivity index (χ3v) is 3.40. The number of hydrogen-bond donors (Lipinski definition) is 0. The van der Waals surface area contributed by atoms with Gasteiger partial charge in [0.05, 0.1) is 6.61 Å². The Bertz CT molecular complexity index is 246. The van der Waals surface area contributed by atoms with E-state index in [4.69, 9.17) is 4.74 Å². The van der Waals surface area contributed by atoms with Gasteiger partial charge in [0.1, 0.15) is 0 Å². The van der Waals surface area contributed by atoms with Gasteiger partial charge in [0.15, 0.2) is 0 Å². The molecule has 0 aliphatic carbocycles.